The maximum atomic E-state index is 13.1. The normalized spacial score (nSPS) is 11.6. The molecular formula is C23H15F3N8O. The van der Waals surface area contributed by atoms with Gasteiger partial charge in [-0.3, -0.25) is 0 Å². The largest absolute Gasteiger partial charge is 0.443 e. The van der Waals surface area contributed by atoms with Gasteiger partial charge in [0.05, 0.1) is 29.9 Å². The first-order valence-corrected chi connectivity index (χ1v) is 10.2. The summed E-state index contributed by atoms with van der Waals surface area (Å²) in [6.45, 7) is 9.06. The van der Waals surface area contributed by atoms with Crippen LogP contribution in [0.4, 0.5) is 24.8 Å². The summed E-state index contributed by atoms with van der Waals surface area (Å²) in [6, 6.07) is 10.5. The van der Waals surface area contributed by atoms with Crippen LogP contribution in [0.25, 0.3) is 33.1 Å². The van der Waals surface area contributed by atoms with Crippen molar-refractivity contribution in [2.45, 2.75) is 19.5 Å². The highest BCUT2D eigenvalue weighted by atomic mass is 19.4. The molecule has 0 spiro atoms. The van der Waals surface area contributed by atoms with Crippen molar-refractivity contribution < 1.29 is 17.6 Å². The summed E-state index contributed by atoms with van der Waals surface area (Å²) in [4.78, 5) is 20.3. The van der Waals surface area contributed by atoms with Crippen molar-refractivity contribution in [2.24, 2.45) is 0 Å². The van der Waals surface area contributed by atoms with Gasteiger partial charge in [-0.25, -0.2) is 24.8 Å². The molecule has 0 bridgehead atoms. The number of alkyl halides is 3. The van der Waals surface area contributed by atoms with Crippen LogP contribution >= 0.6 is 0 Å². The number of nitrogens with zero attached hydrogens (tertiary/aromatic N) is 7. The van der Waals surface area contributed by atoms with Gasteiger partial charge in [0.25, 0.3) is 0 Å². The van der Waals surface area contributed by atoms with Gasteiger partial charge in [-0.1, -0.05) is 24.3 Å². The predicted octanol–water partition coefficient (Wildman–Crippen LogP) is 4.89. The molecule has 1 aromatic carbocycles. The molecule has 0 amide bonds. The summed E-state index contributed by atoms with van der Waals surface area (Å²) in [5.41, 5.74) is 8.01. The van der Waals surface area contributed by atoms with E-state index in [0.717, 1.165) is 6.07 Å². The molecule has 0 saturated carbocycles. The van der Waals surface area contributed by atoms with Crippen molar-refractivity contribution in [3.63, 3.8) is 0 Å². The quantitative estimate of drug-likeness (QED) is 0.368. The summed E-state index contributed by atoms with van der Waals surface area (Å²) in [5.74, 6) is 0.567. The summed E-state index contributed by atoms with van der Waals surface area (Å²) >= 11 is 0. The van der Waals surface area contributed by atoms with Gasteiger partial charge in [0.1, 0.15) is 5.69 Å². The highest BCUT2D eigenvalue weighted by Crippen LogP contribution is 2.37. The van der Waals surface area contributed by atoms with Crippen molar-refractivity contribution in [2.75, 3.05) is 5.73 Å². The minimum Gasteiger partial charge on any atom is -0.443 e. The Bertz CT molecular complexity index is 1610. The number of oxazole rings is 1. The Kier molecular flexibility index (Phi) is 5.17. The highest BCUT2D eigenvalue weighted by Gasteiger charge is 2.32. The minimum absolute atomic E-state index is 0.000106. The Balaban J connectivity index is 1.70. The zero-order valence-electron chi connectivity index (χ0n) is 18.1. The fourth-order valence-electron chi connectivity index (χ4n) is 3.66. The molecule has 5 rings (SSSR count). The Morgan fingerprint density at radius 3 is 2.63 bits per heavy atom. The molecule has 2 N–H and O–H groups in total. The first-order chi connectivity index (χ1) is 16.7. The topological polar surface area (TPSA) is 112 Å². The lowest BCUT2D eigenvalue weighted by molar-refractivity contribution is -0.141. The molecule has 0 unspecified atom stereocenters. The lowest BCUT2D eigenvalue weighted by Crippen LogP contribution is -2.09. The van der Waals surface area contributed by atoms with Crippen molar-refractivity contribution in [3.8, 4) is 22.6 Å². The number of nitrogens with two attached hydrogens (primary N) is 1. The second-order valence-corrected chi connectivity index (χ2v) is 7.57. The summed E-state index contributed by atoms with van der Waals surface area (Å²) in [6.07, 6.45) is -3.36. The molecule has 174 valence electrons. The number of aryl methyl sites for hydroxylation is 1. The first-order valence-electron chi connectivity index (χ1n) is 10.2. The van der Waals surface area contributed by atoms with E-state index in [2.05, 4.69) is 29.9 Å². The molecule has 0 aliphatic heterocycles. The summed E-state index contributed by atoms with van der Waals surface area (Å²) in [5, 5.41) is 4.35. The standard InChI is InChI=1S/C23H15F3N8O/c1-12-20(35-11-29-12)18-19(13-5-3-6-14(9-13)28-2)32-22(27)34-21(18)31-17(33-34)10-15-7-4-8-16(30-15)23(24,25)26/h3-9,11H,10H2,1H3,(H2,27,32). The molecule has 0 aliphatic carbocycles. The predicted molar refractivity (Wildman–Crippen MR) is 119 cm³/mol. The fourth-order valence-corrected chi connectivity index (χ4v) is 3.66. The molecule has 0 fully saturated rings. The fraction of sp³-hybridized carbons (Fsp3) is 0.130. The third-order valence-electron chi connectivity index (χ3n) is 5.21. The lowest BCUT2D eigenvalue weighted by Gasteiger charge is -2.10. The third kappa shape index (κ3) is 4.04. The molecule has 0 radical (unpaired) electrons. The van der Waals surface area contributed by atoms with Crippen molar-refractivity contribution in [1.82, 2.24) is 29.5 Å². The number of fused-ring (bicyclic) bond motifs is 1. The first kappa shape index (κ1) is 22.0. The maximum Gasteiger partial charge on any atom is 0.433 e. The maximum absolute atomic E-state index is 13.1. The van der Waals surface area contributed by atoms with Crippen LogP contribution in [0.15, 0.2) is 53.3 Å². The van der Waals surface area contributed by atoms with Crippen LogP contribution < -0.4 is 5.73 Å². The van der Waals surface area contributed by atoms with Gasteiger partial charge in [-0.05, 0) is 30.7 Å². The van der Waals surface area contributed by atoms with E-state index in [-0.39, 0.29) is 29.5 Å². The molecule has 12 heteroatoms. The highest BCUT2D eigenvalue weighted by molar-refractivity contribution is 5.90. The van der Waals surface area contributed by atoms with Crippen molar-refractivity contribution >= 4 is 17.3 Å². The molecular weight excluding hydrogens is 461 g/mol. The van der Waals surface area contributed by atoms with E-state index in [1.165, 1.54) is 23.0 Å². The van der Waals surface area contributed by atoms with Crippen LogP contribution in [-0.4, -0.2) is 29.5 Å². The van der Waals surface area contributed by atoms with Gasteiger partial charge in [-0.15, -0.1) is 5.10 Å². The van der Waals surface area contributed by atoms with Crippen LogP contribution in [0.3, 0.4) is 0 Å². The van der Waals surface area contributed by atoms with Crippen LogP contribution in [0.1, 0.15) is 22.9 Å². The number of nitrogen functional groups attached to an aromatic ring is 1. The average molecular weight is 476 g/mol. The second-order valence-electron chi connectivity index (χ2n) is 7.57. The Hall–Kier alpha value is -4.79. The molecule has 0 aliphatic rings. The number of pyridine rings is 1. The summed E-state index contributed by atoms with van der Waals surface area (Å²) < 4.78 is 46.2. The second kappa shape index (κ2) is 8.21. The van der Waals surface area contributed by atoms with E-state index >= 15 is 0 Å². The van der Waals surface area contributed by atoms with E-state index < -0.39 is 11.9 Å². The zero-order valence-corrected chi connectivity index (χ0v) is 18.1. The van der Waals surface area contributed by atoms with Gasteiger partial charge in [-0.2, -0.15) is 17.7 Å². The Morgan fingerprint density at radius 2 is 1.91 bits per heavy atom. The molecule has 0 atom stereocenters. The SMILES string of the molecule is [C-]#[N+]c1cccc(-c2nc(N)n3nc(Cc4cccc(C(F)(F)F)n4)nc3c2-c2ocnc2C)c1. The van der Waals surface area contributed by atoms with E-state index in [1.807, 2.05) is 0 Å². The Morgan fingerprint density at radius 1 is 1.11 bits per heavy atom. The molecule has 4 heterocycles. The smallest absolute Gasteiger partial charge is 0.433 e. The number of hydrogen-bond donors (Lipinski definition) is 1. The van der Waals surface area contributed by atoms with Crippen LogP contribution in [0.2, 0.25) is 0 Å². The number of anilines is 1. The number of rotatable bonds is 4. The molecule has 9 nitrogen and oxygen atoms in total. The number of benzene rings is 1. The summed E-state index contributed by atoms with van der Waals surface area (Å²) in [7, 11) is 0. The van der Waals surface area contributed by atoms with Crippen LogP contribution in [0.5, 0.6) is 0 Å². The third-order valence-corrected chi connectivity index (χ3v) is 5.21. The minimum atomic E-state index is -4.57. The molecule has 35 heavy (non-hydrogen) atoms. The van der Waals surface area contributed by atoms with Crippen molar-refractivity contribution in [1.29, 1.82) is 0 Å². The van der Waals surface area contributed by atoms with Gasteiger partial charge >= 0.3 is 6.18 Å². The van der Waals surface area contributed by atoms with Gasteiger partial charge in [0.2, 0.25) is 5.95 Å². The van der Waals surface area contributed by atoms with Crippen LogP contribution in [-0.2, 0) is 12.6 Å². The number of hydrogen-bond acceptors (Lipinski definition) is 7. The van der Waals surface area contributed by atoms with E-state index in [4.69, 9.17) is 16.7 Å². The monoisotopic (exact) mass is 476 g/mol. The van der Waals surface area contributed by atoms with E-state index in [1.54, 1.807) is 31.2 Å². The average Bonchev–Trinajstić information content (AvgIpc) is 3.45. The van der Waals surface area contributed by atoms with Crippen molar-refractivity contribution in [3.05, 3.63) is 83.2 Å². The van der Waals surface area contributed by atoms with E-state index in [9.17, 15) is 13.2 Å². The molecule has 0 saturated heterocycles. The molecule has 4 aromatic heterocycles. The zero-order chi connectivity index (χ0) is 24.7. The van der Waals surface area contributed by atoms with E-state index in [0.29, 0.717) is 34.0 Å². The van der Waals surface area contributed by atoms with Gasteiger partial charge in [0, 0.05) is 5.69 Å². The Labute approximate surface area is 195 Å². The lowest BCUT2D eigenvalue weighted by atomic mass is 10.0. The number of halogens is 3. The van der Waals surface area contributed by atoms with Crippen LogP contribution in [0, 0.1) is 13.5 Å². The van der Waals surface area contributed by atoms with Gasteiger partial charge in [0.15, 0.2) is 29.3 Å². The van der Waals surface area contributed by atoms with Gasteiger partial charge < -0.3 is 10.2 Å². The number of aromatic nitrogens is 6. The molecule has 5 aromatic rings.